The molecule has 0 saturated heterocycles. The number of hydrogen-bond acceptors (Lipinski definition) is 4. The summed E-state index contributed by atoms with van der Waals surface area (Å²) >= 11 is 0. The zero-order valence-electron chi connectivity index (χ0n) is 11.8. The number of benzene rings is 1. The number of amides is 1. The first-order valence-corrected chi connectivity index (χ1v) is 6.38. The van der Waals surface area contributed by atoms with E-state index in [1.807, 2.05) is 51.1 Å². The Bertz CT molecular complexity index is 625. The summed E-state index contributed by atoms with van der Waals surface area (Å²) in [5, 5.41) is 13.2. The van der Waals surface area contributed by atoms with Crippen LogP contribution < -0.4 is 5.32 Å². The van der Waals surface area contributed by atoms with E-state index in [2.05, 4.69) is 20.7 Å². The highest BCUT2D eigenvalue weighted by molar-refractivity contribution is 5.76. The van der Waals surface area contributed by atoms with Crippen LogP contribution in [0.1, 0.15) is 26.3 Å². The molecule has 20 heavy (non-hydrogen) atoms. The molecule has 0 saturated carbocycles. The van der Waals surface area contributed by atoms with Gasteiger partial charge in [-0.3, -0.25) is 0 Å². The van der Waals surface area contributed by atoms with Crippen molar-refractivity contribution in [2.24, 2.45) is 0 Å². The van der Waals surface area contributed by atoms with Crippen molar-refractivity contribution in [1.82, 2.24) is 20.7 Å². The molecule has 1 aromatic heterocycles. The molecule has 0 aliphatic heterocycles. The lowest BCUT2D eigenvalue weighted by Crippen LogP contribution is -2.32. The second kappa shape index (κ2) is 5.73. The number of rotatable bonds is 3. The van der Waals surface area contributed by atoms with Crippen LogP contribution in [0.4, 0.5) is 4.79 Å². The van der Waals surface area contributed by atoms with Gasteiger partial charge in [0.05, 0.1) is 0 Å². The van der Waals surface area contributed by atoms with Crippen molar-refractivity contribution < 1.29 is 9.53 Å². The van der Waals surface area contributed by atoms with E-state index in [1.54, 1.807) is 0 Å². The quantitative estimate of drug-likeness (QED) is 0.901. The van der Waals surface area contributed by atoms with Gasteiger partial charge in [0.1, 0.15) is 16.6 Å². The standard InChI is InChI=1S/C14H18N4O2/c1-14(2,3)20-13(19)15-8-4-5-10-6-7-11-12(9-10)17-18-16-11/h4-7,9H,8H2,1-3H3,(H,15,19)(H,16,17,18). The molecule has 2 aromatic rings. The smallest absolute Gasteiger partial charge is 0.407 e. The van der Waals surface area contributed by atoms with Gasteiger partial charge >= 0.3 is 6.09 Å². The van der Waals surface area contributed by atoms with Crippen molar-refractivity contribution in [3.05, 3.63) is 29.8 Å². The Balaban J connectivity index is 1.85. The fourth-order valence-electron chi connectivity index (χ4n) is 1.61. The highest BCUT2D eigenvalue weighted by Crippen LogP contribution is 2.11. The van der Waals surface area contributed by atoms with Crippen molar-refractivity contribution >= 4 is 23.2 Å². The van der Waals surface area contributed by atoms with Gasteiger partial charge < -0.3 is 10.1 Å². The number of carbonyl (C=O) groups excluding carboxylic acids is 1. The van der Waals surface area contributed by atoms with Gasteiger partial charge in [0.15, 0.2) is 0 Å². The lowest BCUT2D eigenvalue weighted by molar-refractivity contribution is 0.0534. The van der Waals surface area contributed by atoms with Crippen molar-refractivity contribution in [2.45, 2.75) is 26.4 Å². The first-order valence-electron chi connectivity index (χ1n) is 6.38. The Morgan fingerprint density at radius 2 is 2.10 bits per heavy atom. The molecule has 0 spiro atoms. The number of alkyl carbamates (subject to hydrolysis) is 1. The molecule has 0 aliphatic rings. The van der Waals surface area contributed by atoms with Gasteiger partial charge in [0, 0.05) is 6.54 Å². The third-order valence-electron chi connectivity index (χ3n) is 2.41. The van der Waals surface area contributed by atoms with E-state index in [0.717, 1.165) is 16.6 Å². The van der Waals surface area contributed by atoms with Crippen LogP contribution >= 0.6 is 0 Å². The monoisotopic (exact) mass is 274 g/mol. The van der Waals surface area contributed by atoms with Gasteiger partial charge in [-0.25, -0.2) is 4.79 Å². The molecule has 0 fully saturated rings. The minimum atomic E-state index is -0.480. The van der Waals surface area contributed by atoms with Gasteiger partial charge in [-0.15, -0.1) is 0 Å². The molecule has 2 rings (SSSR count). The Hall–Kier alpha value is -2.37. The molecule has 0 atom stereocenters. The Morgan fingerprint density at radius 3 is 2.85 bits per heavy atom. The number of ether oxygens (including phenoxy) is 1. The second-order valence-corrected chi connectivity index (χ2v) is 5.36. The van der Waals surface area contributed by atoms with Crippen LogP contribution in [0.2, 0.25) is 0 Å². The summed E-state index contributed by atoms with van der Waals surface area (Å²) < 4.78 is 5.13. The number of carbonyl (C=O) groups is 1. The van der Waals surface area contributed by atoms with Gasteiger partial charge in [0.25, 0.3) is 0 Å². The maximum atomic E-state index is 11.4. The Kier molecular flexibility index (Phi) is 4.02. The summed E-state index contributed by atoms with van der Waals surface area (Å²) in [6.07, 6.45) is 3.34. The number of hydrogen-bond donors (Lipinski definition) is 2. The second-order valence-electron chi connectivity index (χ2n) is 5.36. The van der Waals surface area contributed by atoms with Crippen molar-refractivity contribution in [3.63, 3.8) is 0 Å². The molecule has 0 bridgehead atoms. The van der Waals surface area contributed by atoms with E-state index in [-0.39, 0.29) is 0 Å². The molecule has 106 valence electrons. The van der Waals surface area contributed by atoms with Crippen molar-refractivity contribution in [2.75, 3.05) is 6.54 Å². The van der Waals surface area contributed by atoms with E-state index in [4.69, 9.17) is 4.74 Å². The molecule has 1 amide bonds. The highest BCUT2D eigenvalue weighted by Gasteiger charge is 2.14. The van der Waals surface area contributed by atoms with Gasteiger partial charge in [0.2, 0.25) is 0 Å². The number of nitrogens with zero attached hydrogens (tertiary/aromatic N) is 2. The molecule has 6 nitrogen and oxygen atoms in total. The molecule has 6 heteroatoms. The van der Waals surface area contributed by atoms with Crippen LogP contribution in [0, 0.1) is 0 Å². The largest absolute Gasteiger partial charge is 0.444 e. The Morgan fingerprint density at radius 1 is 1.35 bits per heavy atom. The predicted octanol–water partition coefficient (Wildman–Crippen LogP) is 2.50. The lowest BCUT2D eigenvalue weighted by atomic mass is 10.2. The van der Waals surface area contributed by atoms with Crippen molar-refractivity contribution in [1.29, 1.82) is 0 Å². The summed E-state index contributed by atoms with van der Waals surface area (Å²) in [6, 6.07) is 5.75. The van der Waals surface area contributed by atoms with Crippen LogP contribution in [0.3, 0.4) is 0 Å². The maximum absolute atomic E-state index is 11.4. The molecule has 1 heterocycles. The molecular weight excluding hydrogens is 256 g/mol. The molecule has 1 aromatic carbocycles. The number of fused-ring (bicyclic) bond motifs is 1. The van der Waals surface area contributed by atoms with E-state index in [0.29, 0.717) is 6.54 Å². The van der Waals surface area contributed by atoms with Crippen molar-refractivity contribution in [3.8, 4) is 0 Å². The van der Waals surface area contributed by atoms with Gasteiger partial charge in [-0.1, -0.05) is 18.2 Å². The zero-order valence-corrected chi connectivity index (χ0v) is 11.8. The summed E-state index contributed by atoms with van der Waals surface area (Å²) in [6.45, 7) is 5.90. The average Bonchev–Trinajstić information content (AvgIpc) is 2.79. The van der Waals surface area contributed by atoms with E-state index in [1.165, 1.54) is 0 Å². The molecule has 0 radical (unpaired) electrons. The first kappa shape index (κ1) is 14.0. The van der Waals surface area contributed by atoms with Crippen LogP contribution in [-0.4, -0.2) is 33.6 Å². The third-order valence-corrected chi connectivity index (χ3v) is 2.41. The van der Waals surface area contributed by atoms with Crippen LogP contribution in [0.25, 0.3) is 17.1 Å². The molecule has 0 aliphatic carbocycles. The van der Waals surface area contributed by atoms with E-state index in [9.17, 15) is 4.79 Å². The number of aromatic amines is 1. The summed E-state index contributed by atoms with van der Waals surface area (Å²) in [5.41, 5.74) is 2.16. The third kappa shape index (κ3) is 4.08. The summed E-state index contributed by atoms with van der Waals surface area (Å²) in [7, 11) is 0. The lowest BCUT2D eigenvalue weighted by Gasteiger charge is -2.19. The van der Waals surface area contributed by atoms with E-state index >= 15 is 0 Å². The molecular formula is C14H18N4O2. The number of nitrogens with one attached hydrogen (secondary N) is 2. The van der Waals surface area contributed by atoms with Gasteiger partial charge in [-0.2, -0.15) is 15.4 Å². The van der Waals surface area contributed by atoms with E-state index < -0.39 is 11.7 Å². The number of H-pyrrole nitrogens is 1. The normalized spacial score (nSPS) is 11.9. The first-order chi connectivity index (χ1) is 9.44. The summed E-state index contributed by atoms with van der Waals surface area (Å²) in [4.78, 5) is 11.4. The van der Waals surface area contributed by atoms with Gasteiger partial charge in [-0.05, 0) is 38.5 Å². The zero-order chi connectivity index (χ0) is 14.6. The Labute approximate surface area is 117 Å². The minimum absolute atomic E-state index is 0.408. The topological polar surface area (TPSA) is 79.9 Å². The summed E-state index contributed by atoms with van der Waals surface area (Å²) in [5.74, 6) is 0. The maximum Gasteiger partial charge on any atom is 0.407 e. The minimum Gasteiger partial charge on any atom is -0.444 e. The van der Waals surface area contributed by atoms with Crippen LogP contribution in [-0.2, 0) is 4.74 Å². The molecule has 2 N–H and O–H groups in total. The average molecular weight is 274 g/mol. The fourth-order valence-corrected chi connectivity index (χ4v) is 1.61. The fraction of sp³-hybridized carbons (Fsp3) is 0.357. The van der Waals surface area contributed by atoms with Crippen LogP contribution in [0.5, 0.6) is 0 Å². The SMILES string of the molecule is CC(C)(C)OC(=O)NCC=Cc1ccc2n[nH]nc2c1. The predicted molar refractivity (Wildman–Crippen MR) is 77.2 cm³/mol. The number of aromatic nitrogens is 3. The highest BCUT2D eigenvalue weighted by atomic mass is 16.6. The van der Waals surface area contributed by atoms with Crippen LogP contribution in [0.15, 0.2) is 24.3 Å². The molecule has 0 unspecified atom stereocenters.